The van der Waals surface area contributed by atoms with Gasteiger partial charge in [-0.2, -0.15) is 0 Å². The maximum atomic E-state index is 11.9. The molecule has 0 aliphatic carbocycles. The maximum Gasteiger partial charge on any atom is 0.317 e. The average Bonchev–Trinajstić information content (AvgIpc) is 2.27. The summed E-state index contributed by atoms with van der Waals surface area (Å²) in [6.07, 6.45) is 0.135. The summed E-state index contributed by atoms with van der Waals surface area (Å²) in [6.45, 7) is 8.18. The second-order valence-electron chi connectivity index (χ2n) is 5.33. The quantitative estimate of drug-likeness (QED) is 0.729. The van der Waals surface area contributed by atoms with Gasteiger partial charge in [0.1, 0.15) is 0 Å². The van der Waals surface area contributed by atoms with Crippen molar-refractivity contribution < 1.29 is 19.4 Å². The molecule has 1 aliphatic rings. The highest BCUT2D eigenvalue weighted by Crippen LogP contribution is 2.19. The van der Waals surface area contributed by atoms with Crippen LogP contribution in [0.2, 0.25) is 0 Å². The zero-order valence-electron chi connectivity index (χ0n) is 11.9. The summed E-state index contributed by atoms with van der Waals surface area (Å²) in [4.78, 5) is 24.1. The van der Waals surface area contributed by atoms with Crippen LogP contribution in [0.25, 0.3) is 0 Å². The lowest BCUT2D eigenvalue weighted by molar-refractivity contribution is -0.139. The minimum atomic E-state index is -0.804. The third-order valence-electron chi connectivity index (χ3n) is 3.32. The molecular weight excluding hydrogens is 248 g/mol. The van der Waals surface area contributed by atoms with Gasteiger partial charge in [-0.1, -0.05) is 13.8 Å². The average molecular weight is 272 g/mol. The number of ether oxygens (including phenoxy) is 1. The lowest BCUT2D eigenvalue weighted by Gasteiger charge is -2.39. The Bertz CT molecular complexity index is 314. The van der Waals surface area contributed by atoms with Gasteiger partial charge < -0.3 is 20.1 Å². The number of amides is 2. The van der Waals surface area contributed by atoms with E-state index in [1.165, 1.54) is 0 Å². The molecule has 2 N–H and O–H groups in total. The van der Waals surface area contributed by atoms with Gasteiger partial charge in [0.05, 0.1) is 19.1 Å². The maximum absolute atomic E-state index is 11.9. The Morgan fingerprint density at radius 2 is 2.05 bits per heavy atom. The number of carboxylic acid groups (broad SMARTS) is 1. The van der Waals surface area contributed by atoms with Crippen molar-refractivity contribution >= 4 is 12.0 Å². The summed E-state index contributed by atoms with van der Waals surface area (Å²) in [5.41, 5.74) is 0. The topological polar surface area (TPSA) is 78.9 Å². The Kier molecular flexibility index (Phi) is 6.08. The van der Waals surface area contributed by atoms with Crippen LogP contribution in [0.5, 0.6) is 0 Å². The number of nitrogens with one attached hydrogen (secondary N) is 1. The molecule has 1 atom stereocenters. The number of carbonyl (C=O) groups is 2. The summed E-state index contributed by atoms with van der Waals surface area (Å²) >= 11 is 0. The third-order valence-corrected chi connectivity index (χ3v) is 3.32. The molecule has 1 saturated heterocycles. The number of carbonyl (C=O) groups excluding carboxylic acids is 1. The Hall–Kier alpha value is -1.30. The highest BCUT2D eigenvalue weighted by molar-refractivity contribution is 5.76. The molecule has 1 fully saturated rings. The third kappa shape index (κ3) is 5.06. The van der Waals surface area contributed by atoms with Crippen LogP contribution < -0.4 is 5.32 Å². The van der Waals surface area contributed by atoms with Gasteiger partial charge in [0.25, 0.3) is 0 Å². The molecule has 1 heterocycles. The fraction of sp³-hybridized carbons (Fsp3) is 0.846. The van der Waals surface area contributed by atoms with E-state index in [4.69, 9.17) is 9.84 Å². The van der Waals surface area contributed by atoms with Crippen molar-refractivity contribution in [3.63, 3.8) is 0 Å². The van der Waals surface area contributed by atoms with Gasteiger partial charge >= 0.3 is 12.0 Å². The molecule has 0 aromatic rings. The van der Waals surface area contributed by atoms with Gasteiger partial charge in [-0.15, -0.1) is 0 Å². The van der Waals surface area contributed by atoms with E-state index in [-0.39, 0.29) is 24.4 Å². The largest absolute Gasteiger partial charge is 0.481 e. The molecule has 1 unspecified atom stereocenters. The Morgan fingerprint density at radius 1 is 1.42 bits per heavy atom. The number of hydrogen-bond donors (Lipinski definition) is 2. The molecule has 19 heavy (non-hydrogen) atoms. The standard InChI is InChI=1S/C13H24N2O4/c1-4-19-8-11(9(2)3)14-13(18)15-6-10(7-15)5-12(16)17/h9-11H,4-8H2,1-3H3,(H,14,18)(H,16,17). The second kappa shape index (κ2) is 7.33. The van der Waals surface area contributed by atoms with Crippen molar-refractivity contribution in [2.45, 2.75) is 33.2 Å². The molecule has 6 nitrogen and oxygen atoms in total. The number of likely N-dealkylation sites (tertiary alicyclic amines) is 1. The van der Waals surface area contributed by atoms with E-state index >= 15 is 0 Å². The zero-order chi connectivity index (χ0) is 14.4. The molecule has 0 bridgehead atoms. The van der Waals surface area contributed by atoms with Gasteiger partial charge in [-0.05, 0) is 12.8 Å². The summed E-state index contributed by atoms with van der Waals surface area (Å²) in [5.74, 6) is -0.416. The Balaban J connectivity index is 2.32. The van der Waals surface area contributed by atoms with Crippen molar-refractivity contribution in [3.8, 4) is 0 Å². The smallest absolute Gasteiger partial charge is 0.317 e. The summed E-state index contributed by atoms with van der Waals surface area (Å²) < 4.78 is 5.35. The molecule has 6 heteroatoms. The fourth-order valence-electron chi connectivity index (χ4n) is 2.01. The second-order valence-corrected chi connectivity index (χ2v) is 5.33. The molecule has 2 amide bonds. The minimum Gasteiger partial charge on any atom is -0.481 e. The van der Waals surface area contributed by atoms with Crippen molar-refractivity contribution in [1.29, 1.82) is 0 Å². The first-order valence-electron chi connectivity index (χ1n) is 6.79. The van der Waals surface area contributed by atoms with E-state index < -0.39 is 5.97 Å². The van der Waals surface area contributed by atoms with Crippen LogP contribution in [0, 0.1) is 11.8 Å². The lowest BCUT2D eigenvalue weighted by Crippen LogP contribution is -2.57. The first kappa shape index (κ1) is 15.8. The van der Waals surface area contributed by atoms with E-state index in [0.29, 0.717) is 32.2 Å². The first-order chi connectivity index (χ1) is 8.93. The number of urea groups is 1. The molecule has 0 spiro atoms. The molecule has 0 aromatic carbocycles. The van der Waals surface area contributed by atoms with Crippen LogP contribution in [0.3, 0.4) is 0 Å². The fourth-order valence-corrected chi connectivity index (χ4v) is 2.01. The van der Waals surface area contributed by atoms with Crippen LogP contribution in [0.15, 0.2) is 0 Å². The molecular formula is C13H24N2O4. The van der Waals surface area contributed by atoms with E-state index in [0.717, 1.165) is 0 Å². The monoisotopic (exact) mass is 272 g/mol. The Labute approximate surface area is 114 Å². The number of aliphatic carboxylic acids is 1. The molecule has 110 valence electrons. The predicted molar refractivity (Wildman–Crippen MR) is 71.0 cm³/mol. The molecule has 0 radical (unpaired) electrons. The highest BCUT2D eigenvalue weighted by Gasteiger charge is 2.33. The van der Waals surface area contributed by atoms with Crippen molar-refractivity contribution in [3.05, 3.63) is 0 Å². The van der Waals surface area contributed by atoms with Crippen LogP contribution in [0.1, 0.15) is 27.2 Å². The molecule has 1 aliphatic heterocycles. The summed E-state index contributed by atoms with van der Waals surface area (Å²) in [5, 5.41) is 11.6. The Morgan fingerprint density at radius 3 is 2.53 bits per heavy atom. The SMILES string of the molecule is CCOCC(NC(=O)N1CC(CC(=O)O)C1)C(C)C. The molecule has 0 saturated carbocycles. The van der Waals surface area contributed by atoms with Crippen molar-refractivity contribution in [1.82, 2.24) is 10.2 Å². The summed E-state index contributed by atoms with van der Waals surface area (Å²) in [7, 11) is 0. The van der Waals surface area contributed by atoms with Gasteiger partial charge in [-0.25, -0.2) is 4.79 Å². The lowest BCUT2D eigenvalue weighted by atomic mass is 9.97. The van der Waals surface area contributed by atoms with Crippen molar-refractivity contribution in [2.24, 2.45) is 11.8 Å². The van der Waals surface area contributed by atoms with Crippen LogP contribution in [0.4, 0.5) is 4.79 Å². The normalized spacial score (nSPS) is 17.2. The number of hydrogen-bond acceptors (Lipinski definition) is 3. The number of rotatable bonds is 7. The van der Waals surface area contributed by atoms with E-state index in [9.17, 15) is 9.59 Å². The van der Waals surface area contributed by atoms with Gasteiger partial charge in [-0.3, -0.25) is 4.79 Å². The van der Waals surface area contributed by atoms with Gasteiger partial charge in [0, 0.05) is 25.6 Å². The number of nitrogens with zero attached hydrogens (tertiary/aromatic N) is 1. The van der Waals surface area contributed by atoms with E-state index in [1.807, 2.05) is 20.8 Å². The van der Waals surface area contributed by atoms with Crippen LogP contribution in [-0.4, -0.2) is 54.4 Å². The van der Waals surface area contributed by atoms with Crippen molar-refractivity contribution in [2.75, 3.05) is 26.3 Å². The molecule has 0 aromatic heterocycles. The highest BCUT2D eigenvalue weighted by atomic mass is 16.5. The number of carboxylic acids is 1. The van der Waals surface area contributed by atoms with E-state index in [1.54, 1.807) is 4.90 Å². The van der Waals surface area contributed by atoms with Crippen LogP contribution in [-0.2, 0) is 9.53 Å². The summed E-state index contributed by atoms with van der Waals surface area (Å²) in [6, 6.07) is -0.133. The van der Waals surface area contributed by atoms with Gasteiger partial charge in [0.15, 0.2) is 0 Å². The molecule has 1 rings (SSSR count). The predicted octanol–water partition coefficient (Wildman–Crippen LogP) is 1.16. The first-order valence-corrected chi connectivity index (χ1v) is 6.79. The zero-order valence-corrected chi connectivity index (χ0v) is 11.9. The minimum absolute atomic E-state index is 0.00836. The van der Waals surface area contributed by atoms with Gasteiger partial charge in [0.2, 0.25) is 0 Å². The van der Waals surface area contributed by atoms with Crippen LogP contribution >= 0.6 is 0 Å². The van der Waals surface area contributed by atoms with E-state index in [2.05, 4.69) is 5.32 Å².